The van der Waals surface area contributed by atoms with Gasteiger partial charge in [-0.15, -0.1) is 0 Å². The number of methoxy groups -OCH3 is 1. The lowest BCUT2D eigenvalue weighted by molar-refractivity contribution is 0.385. The molecule has 0 saturated carbocycles. The lowest BCUT2D eigenvalue weighted by atomic mass is 9.87. The van der Waals surface area contributed by atoms with E-state index in [9.17, 15) is 0 Å². The molecule has 1 aromatic rings. The van der Waals surface area contributed by atoms with E-state index in [4.69, 9.17) is 10.00 Å². The highest BCUT2D eigenvalue weighted by atomic mass is 16.5. The van der Waals surface area contributed by atoms with Gasteiger partial charge in [-0.3, -0.25) is 0 Å². The summed E-state index contributed by atoms with van der Waals surface area (Å²) in [5, 5.41) is 12.3. The second kappa shape index (κ2) is 4.89. The minimum absolute atomic E-state index is 0.115. The predicted molar refractivity (Wildman–Crippen MR) is 65.5 cm³/mol. The monoisotopic (exact) mass is 218 g/mol. The lowest BCUT2D eigenvalue weighted by Crippen LogP contribution is -2.32. The van der Waals surface area contributed by atoms with Crippen LogP contribution in [0.4, 0.5) is 5.69 Å². The van der Waals surface area contributed by atoms with Crippen LogP contribution in [0, 0.1) is 16.7 Å². The van der Waals surface area contributed by atoms with Crippen LogP contribution in [-0.4, -0.2) is 13.2 Å². The number of hydrogen-bond donors (Lipinski definition) is 1. The fourth-order valence-corrected chi connectivity index (χ4v) is 1.36. The molecule has 0 fully saturated rings. The van der Waals surface area contributed by atoms with E-state index in [2.05, 4.69) is 11.4 Å². The maximum absolute atomic E-state index is 9.13. The number of rotatable bonds is 3. The molecule has 0 aliphatic rings. The van der Waals surface area contributed by atoms with Crippen LogP contribution in [0.25, 0.3) is 0 Å². The van der Waals surface area contributed by atoms with E-state index in [1.807, 2.05) is 45.0 Å². The highest BCUT2D eigenvalue weighted by Crippen LogP contribution is 2.28. The molecule has 1 atom stereocenters. The van der Waals surface area contributed by atoms with E-state index in [0.717, 1.165) is 11.4 Å². The molecule has 86 valence electrons. The largest absolute Gasteiger partial charge is 0.495 e. The molecule has 0 heterocycles. The van der Waals surface area contributed by atoms with Crippen LogP contribution in [0.15, 0.2) is 24.3 Å². The normalized spacial score (nSPS) is 12.7. The van der Waals surface area contributed by atoms with Gasteiger partial charge < -0.3 is 10.1 Å². The number of hydrogen-bond acceptors (Lipinski definition) is 3. The molecule has 1 N–H and O–H groups in total. The highest BCUT2D eigenvalue weighted by molar-refractivity contribution is 5.57. The number of ether oxygens (including phenoxy) is 1. The molecule has 0 radical (unpaired) electrons. The molecule has 3 heteroatoms. The zero-order chi connectivity index (χ0) is 12.2. The van der Waals surface area contributed by atoms with Gasteiger partial charge in [-0.1, -0.05) is 32.9 Å². The van der Waals surface area contributed by atoms with Crippen LogP contribution in [0.2, 0.25) is 0 Å². The molecule has 0 bridgehead atoms. The fourth-order valence-electron chi connectivity index (χ4n) is 1.36. The second-order valence-corrected chi connectivity index (χ2v) is 4.77. The quantitative estimate of drug-likeness (QED) is 0.848. The van der Waals surface area contributed by atoms with Crippen LogP contribution in [-0.2, 0) is 0 Å². The first-order valence-corrected chi connectivity index (χ1v) is 5.28. The van der Waals surface area contributed by atoms with Crippen molar-refractivity contribution in [2.75, 3.05) is 12.4 Å². The van der Waals surface area contributed by atoms with Crippen molar-refractivity contribution >= 4 is 5.69 Å². The standard InChI is InChI=1S/C13H18N2O/c1-13(2,3)12(9-14)15-10-7-5-6-8-11(10)16-4/h5-8,12,15H,1-4H3. The number of nitrogens with one attached hydrogen (secondary N) is 1. The molecule has 0 saturated heterocycles. The predicted octanol–water partition coefficient (Wildman–Crippen LogP) is 3.05. The number of anilines is 1. The van der Waals surface area contributed by atoms with Crippen molar-refractivity contribution in [3.05, 3.63) is 24.3 Å². The number of para-hydroxylation sites is 2. The summed E-state index contributed by atoms with van der Waals surface area (Å²) in [5.41, 5.74) is 0.738. The molecule has 1 aromatic carbocycles. The molecular weight excluding hydrogens is 200 g/mol. The first-order chi connectivity index (χ1) is 7.49. The van der Waals surface area contributed by atoms with E-state index in [1.165, 1.54) is 0 Å². The van der Waals surface area contributed by atoms with E-state index in [1.54, 1.807) is 7.11 Å². The van der Waals surface area contributed by atoms with Gasteiger partial charge in [0.1, 0.15) is 11.8 Å². The maximum Gasteiger partial charge on any atom is 0.141 e. The molecule has 0 aliphatic heterocycles. The van der Waals surface area contributed by atoms with E-state index < -0.39 is 0 Å². The van der Waals surface area contributed by atoms with Crippen LogP contribution in [0.1, 0.15) is 20.8 Å². The topological polar surface area (TPSA) is 45.0 Å². The Hall–Kier alpha value is -1.69. The Morgan fingerprint density at radius 1 is 1.31 bits per heavy atom. The highest BCUT2D eigenvalue weighted by Gasteiger charge is 2.24. The maximum atomic E-state index is 9.13. The summed E-state index contributed by atoms with van der Waals surface area (Å²) in [6, 6.07) is 9.64. The van der Waals surface area contributed by atoms with Crippen molar-refractivity contribution in [2.45, 2.75) is 26.8 Å². The van der Waals surface area contributed by atoms with Crippen molar-refractivity contribution in [1.82, 2.24) is 0 Å². The summed E-state index contributed by atoms with van der Waals surface area (Å²) in [6.45, 7) is 6.09. The van der Waals surface area contributed by atoms with Crippen LogP contribution >= 0.6 is 0 Å². The summed E-state index contributed by atoms with van der Waals surface area (Å²) >= 11 is 0. The van der Waals surface area contributed by atoms with Crippen molar-refractivity contribution in [3.8, 4) is 11.8 Å². The van der Waals surface area contributed by atoms with Crippen LogP contribution < -0.4 is 10.1 Å². The minimum atomic E-state index is -0.246. The van der Waals surface area contributed by atoms with Gasteiger partial charge in [0, 0.05) is 0 Å². The molecule has 0 aliphatic carbocycles. The molecule has 0 amide bonds. The van der Waals surface area contributed by atoms with Gasteiger partial charge in [-0.2, -0.15) is 5.26 Å². The van der Waals surface area contributed by atoms with Gasteiger partial charge in [0.15, 0.2) is 0 Å². The zero-order valence-corrected chi connectivity index (χ0v) is 10.2. The van der Waals surface area contributed by atoms with Crippen molar-refractivity contribution < 1.29 is 4.74 Å². The van der Waals surface area contributed by atoms with E-state index in [0.29, 0.717) is 0 Å². The second-order valence-electron chi connectivity index (χ2n) is 4.77. The number of nitriles is 1. The SMILES string of the molecule is COc1ccccc1NC(C#N)C(C)(C)C. The zero-order valence-electron chi connectivity index (χ0n) is 10.2. The Morgan fingerprint density at radius 3 is 2.44 bits per heavy atom. The fraction of sp³-hybridized carbons (Fsp3) is 0.462. The first-order valence-electron chi connectivity index (χ1n) is 5.28. The first kappa shape index (κ1) is 12.4. The van der Waals surface area contributed by atoms with Crippen molar-refractivity contribution in [2.24, 2.45) is 5.41 Å². The average Bonchev–Trinajstić information content (AvgIpc) is 2.24. The molecule has 16 heavy (non-hydrogen) atoms. The number of benzene rings is 1. The summed E-state index contributed by atoms with van der Waals surface area (Å²) < 4.78 is 5.23. The summed E-state index contributed by atoms with van der Waals surface area (Å²) in [4.78, 5) is 0. The Labute approximate surface area is 97.0 Å². The van der Waals surface area contributed by atoms with Gasteiger partial charge in [0.2, 0.25) is 0 Å². The van der Waals surface area contributed by atoms with Crippen molar-refractivity contribution in [1.29, 1.82) is 5.26 Å². The average molecular weight is 218 g/mol. The van der Waals surface area contributed by atoms with Gasteiger partial charge in [-0.05, 0) is 17.5 Å². The summed E-state index contributed by atoms with van der Waals surface area (Å²) in [6.07, 6.45) is 0. The molecule has 0 aromatic heterocycles. The smallest absolute Gasteiger partial charge is 0.141 e. The summed E-state index contributed by atoms with van der Waals surface area (Å²) in [5.74, 6) is 0.756. The Kier molecular flexibility index (Phi) is 3.78. The van der Waals surface area contributed by atoms with Gasteiger partial charge in [0.05, 0.1) is 18.9 Å². The molecule has 1 rings (SSSR count). The minimum Gasteiger partial charge on any atom is -0.495 e. The lowest BCUT2D eigenvalue weighted by Gasteiger charge is -2.27. The van der Waals surface area contributed by atoms with Gasteiger partial charge >= 0.3 is 0 Å². The van der Waals surface area contributed by atoms with Gasteiger partial charge in [-0.25, -0.2) is 0 Å². The van der Waals surface area contributed by atoms with Crippen LogP contribution in [0.3, 0.4) is 0 Å². The molecule has 0 spiro atoms. The molecule has 3 nitrogen and oxygen atoms in total. The Morgan fingerprint density at radius 2 is 1.94 bits per heavy atom. The third kappa shape index (κ3) is 2.90. The van der Waals surface area contributed by atoms with E-state index >= 15 is 0 Å². The third-order valence-corrected chi connectivity index (χ3v) is 2.40. The van der Waals surface area contributed by atoms with Crippen LogP contribution in [0.5, 0.6) is 5.75 Å². The van der Waals surface area contributed by atoms with Gasteiger partial charge in [0.25, 0.3) is 0 Å². The Bertz CT molecular complexity index is 388. The third-order valence-electron chi connectivity index (χ3n) is 2.40. The molecular formula is C13H18N2O. The number of nitrogens with zero attached hydrogens (tertiary/aromatic N) is 1. The summed E-state index contributed by atoms with van der Waals surface area (Å²) in [7, 11) is 1.62. The Balaban J connectivity index is 2.91. The van der Waals surface area contributed by atoms with E-state index in [-0.39, 0.29) is 11.5 Å². The molecule has 1 unspecified atom stereocenters. The van der Waals surface area contributed by atoms with Crippen molar-refractivity contribution in [3.63, 3.8) is 0 Å².